The third-order valence-electron chi connectivity index (χ3n) is 4.84. The first kappa shape index (κ1) is 20.4. The number of alkyl halides is 1. The summed E-state index contributed by atoms with van der Waals surface area (Å²) in [4.78, 5) is 0. The number of rotatable bonds is 0. The van der Waals surface area contributed by atoms with Crippen LogP contribution in [0, 0.1) is 40.7 Å². The molecule has 2 nitrogen and oxygen atoms in total. The van der Waals surface area contributed by atoms with Crippen LogP contribution in [0.5, 0.6) is 0 Å². The molecule has 0 aliphatic heterocycles. The molecule has 0 heterocycles. The summed E-state index contributed by atoms with van der Waals surface area (Å²) in [6.07, 6.45) is -3.28. The topological polar surface area (TPSA) is 40.5 Å². The minimum atomic E-state index is -4.59. The molecule has 0 amide bonds. The molecule has 0 saturated carbocycles. The van der Waals surface area contributed by atoms with E-state index in [0.29, 0.717) is 0 Å². The van der Waals surface area contributed by atoms with Crippen molar-refractivity contribution >= 4 is 27.4 Å². The van der Waals surface area contributed by atoms with Gasteiger partial charge in [-0.3, -0.25) is 0 Å². The van der Waals surface area contributed by atoms with E-state index in [1.54, 1.807) is 0 Å². The van der Waals surface area contributed by atoms with Gasteiger partial charge in [-0.15, -0.1) is 0 Å². The van der Waals surface area contributed by atoms with Crippen LogP contribution in [-0.2, 0) is 0 Å². The van der Waals surface area contributed by atoms with Crippen molar-refractivity contribution in [1.82, 2.24) is 0 Å². The maximum absolute atomic E-state index is 14.5. The monoisotopic (exact) mass is 442 g/mol. The van der Waals surface area contributed by atoms with Crippen LogP contribution < -0.4 is 0 Å². The number of hydrogen-bond donors (Lipinski definition) is 2. The molecule has 0 aromatic heterocycles. The zero-order chi connectivity index (χ0) is 22.4. The first-order valence-corrected chi connectivity index (χ1v) is 7.78. The molecule has 30 heavy (non-hydrogen) atoms. The van der Waals surface area contributed by atoms with E-state index in [2.05, 4.69) is 0 Å². The maximum atomic E-state index is 14.5. The third-order valence-corrected chi connectivity index (χ3v) is 4.84. The van der Waals surface area contributed by atoms with Crippen LogP contribution in [-0.4, -0.2) is 16.1 Å². The molecule has 4 rings (SSSR count). The number of benzene rings is 3. The van der Waals surface area contributed by atoms with Crippen molar-refractivity contribution in [3.63, 3.8) is 0 Å². The van der Waals surface area contributed by atoms with Gasteiger partial charge in [0.2, 0.25) is 5.83 Å². The summed E-state index contributed by atoms with van der Waals surface area (Å²) in [6.45, 7) is 0. The normalized spacial score (nSPS) is 21.7. The second-order valence-electron chi connectivity index (χ2n) is 6.41. The zero-order valence-corrected chi connectivity index (χ0v) is 13.8. The van der Waals surface area contributed by atoms with Crippen LogP contribution in [0.3, 0.4) is 0 Å². The molecule has 2 N–H and O–H groups in total. The highest BCUT2D eigenvalue weighted by molar-refractivity contribution is 6.15. The van der Waals surface area contributed by atoms with Gasteiger partial charge in [-0.25, -0.2) is 43.9 Å². The third kappa shape index (κ3) is 2.23. The van der Waals surface area contributed by atoms with Crippen LogP contribution in [0.4, 0.5) is 43.9 Å². The summed E-state index contributed by atoms with van der Waals surface area (Å²) in [5.74, 6) is -26.3. The Kier molecular flexibility index (Phi) is 4.14. The Morgan fingerprint density at radius 2 is 1.20 bits per heavy atom. The Morgan fingerprint density at radius 3 is 1.77 bits per heavy atom. The van der Waals surface area contributed by atoms with Crippen LogP contribution in [0.2, 0.25) is 0 Å². The standard InChI is InChI=1S/C18H4F10O2/c19-3-1-2-4(10(21)9(3)20)6-7(12(23)15(26)14(25)11(6)22)8-5(2)13(24)16(27)18(28,30)17(8)29/h1,17,29-30H. The van der Waals surface area contributed by atoms with Gasteiger partial charge in [0.1, 0.15) is 6.10 Å². The fourth-order valence-corrected chi connectivity index (χ4v) is 3.51. The Hall–Kier alpha value is -2.86. The van der Waals surface area contributed by atoms with Gasteiger partial charge in [0.25, 0.3) is 5.85 Å². The van der Waals surface area contributed by atoms with Crippen molar-refractivity contribution < 1.29 is 54.1 Å². The van der Waals surface area contributed by atoms with Crippen molar-refractivity contribution in [1.29, 1.82) is 0 Å². The number of halogens is 10. The highest BCUT2D eigenvalue weighted by Crippen LogP contribution is 2.53. The molecular formula is C18H4F10O2. The molecule has 1 aliphatic rings. The summed E-state index contributed by atoms with van der Waals surface area (Å²) in [5, 5.41) is 13.2. The molecule has 2 unspecified atom stereocenters. The van der Waals surface area contributed by atoms with Crippen molar-refractivity contribution in [2.75, 3.05) is 0 Å². The zero-order valence-electron chi connectivity index (χ0n) is 13.8. The van der Waals surface area contributed by atoms with Crippen LogP contribution in [0.15, 0.2) is 11.9 Å². The second kappa shape index (κ2) is 6.08. The van der Waals surface area contributed by atoms with E-state index < -0.39 is 97.0 Å². The molecule has 0 spiro atoms. The molecule has 3 aromatic carbocycles. The number of hydrogen-bond acceptors (Lipinski definition) is 2. The fraction of sp³-hybridized carbons (Fsp3) is 0.111. The molecule has 3 aromatic rings. The maximum Gasteiger partial charge on any atom is 0.292 e. The molecule has 0 bridgehead atoms. The minimum absolute atomic E-state index is 0.0349. The summed E-state index contributed by atoms with van der Waals surface area (Å²) in [7, 11) is 0. The van der Waals surface area contributed by atoms with Crippen LogP contribution in [0.25, 0.3) is 27.4 Å². The van der Waals surface area contributed by atoms with E-state index in [-0.39, 0.29) is 6.07 Å². The van der Waals surface area contributed by atoms with Gasteiger partial charge in [-0.2, -0.15) is 0 Å². The fourth-order valence-electron chi connectivity index (χ4n) is 3.51. The summed E-state index contributed by atoms with van der Waals surface area (Å²) in [5.41, 5.74) is -3.10. The van der Waals surface area contributed by atoms with Gasteiger partial charge in [-0.05, 0) is 11.5 Å². The molecule has 158 valence electrons. The van der Waals surface area contributed by atoms with E-state index in [0.717, 1.165) is 0 Å². The lowest BCUT2D eigenvalue weighted by Crippen LogP contribution is -2.36. The van der Waals surface area contributed by atoms with Crippen molar-refractivity contribution in [3.05, 3.63) is 63.7 Å². The molecule has 2 atom stereocenters. The van der Waals surface area contributed by atoms with E-state index >= 15 is 0 Å². The van der Waals surface area contributed by atoms with E-state index in [1.807, 2.05) is 0 Å². The summed E-state index contributed by atoms with van der Waals surface area (Å²) in [6, 6.07) is -0.0349. The van der Waals surface area contributed by atoms with E-state index in [4.69, 9.17) is 0 Å². The van der Waals surface area contributed by atoms with Gasteiger partial charge in [0.15, 0.2) is 46.5 Å². The predicted molar refractivity (Wildman–Crippen MR) is 81.3 cm³/mol. The molecular weight excluding hydrogens is 438 g/mol. The Morgan fingerprint density at radius 1 is 0.700 bits per heavy atom. The average molecular weight is 442 g/mol. The lowest BCUT2D eigenvalue weighted by atomic mass is 9.81. The quantitative estimate of drug-likeness (QED) is 0.215. The van der Waals surface area contributed by atoms with Gasteiger partial charge in [-0.1, -0.05) is 0 Å². The average Bonchev–Trinajstić information content (AvgIpc) is 2.70. The number of fused-ring (bicyclic) bond motifs is 6. The van der Waals surface area contributed by atoms with Crippen molar-refractivity contribution in [2.24, 2.45) is 0 Å². The van der Waals surface area contributed by atoms with Gasteiger partial charge in [0.05, 0.1) is 0 Å². The predicted octanol–water partition coefficient (Wildman–Crippen LogP) is 5.28. The SMILES string of the molecule is OC1c2c(c3cc(F)c(F)c(F)c3c3c(F)c(F)c(F)c(F)c23)C(F)=C(F)C1(O)F. The minimum Gasteiger partial charge on any atom is -0.382 e. The molecule has 0 radical (unpaired) electrons. The number of aliphatic hydroxyl groups excluding tert-OH is 1. The Labute approximate surface area is 158 Å². The summed E-state index contributed by atoms with van der Waals surface area (Å²) >= 11 is 0. The van der Waals surface area contributed by atoms with Gasteiger partial charge >= 0.3 is 0 Å². The lowest BCUT2D eigenvalue weighted by molar-refractivity contribution is -0.157. The van der Waals surface area contributed by atoms with E-state index in [1.165, 1.54) is 0 Å². The van der Waals surface area contributed by atoms with Crippen LogP contribution >= 0.6 is 0 Å². The molecule has 0 saturated heterocycles. The van der Waals surface area contributed by atoms with Crippen molar-refractivity contribution in [3.8, 4) is 0 Å². The first-order chi connectivity index (χ1) is 13.8. The Bertz CT molecular complexity index is 1330. The largest absolute Gasteiger partial charge is 0.382 e. The van der Waals surface area contributed by atoms with Crippen molar-refractivity contribution in [2.45, 2.75) is 12.0 Å². The highest BCUT2D eigenvalue weighted by atomic mass is 19.2. The van der Waals surface area contributed by atoms with Gasteiger partial charge in [0, 0.05) is 27.3 Å². The highest BCUT2D eigenvalue weighted by Gasteiger charge is 2.51. The Balaban J connectivity index is 2.49. The molecule has 0 fully saturated rings. The lowest BCUT2D eigenvalue weighted by Gasteiger charge is -2.32. The van der Waals surface area contributed by atoms with E-state index in [9.17, 15) is 54.1 Å². The molecule has 12 heteroatoms. The second-order valence-corrected chi connectivity index (χ2v) is 6.41. The first-order valence-electron chi connectivity index (χ1n) is 7.78. The van der Waals surface area contributed by atoms with Crippen LogP contribution in [0.1, 0.15) is 17.2 Å². The van der Waals surface area contributed by atoms with Gasteiger partial charge < -0.3 is 10.2 Å². The molecule has 1 aliphatic carbocycles. The summed E-state index contributed by atoms with van der Waals surface area (Å²) < 4.78 is 141. The number of aliphatic hydroxyl groups is 2. The smallest absolute Gasteiger partial charge is 0.292 e.